The van der Waals surface area contributed by atoms with Crippen molar-refractivity contribution in [1.29, 1.82) is 0 Å². The lowest BCUT2D eigenvalue weighted by atomic mass is 9.92. The van der Waals surface area contributed by atoms with E-state index in [9.17, 15) is 0 Å². The van der Waals surface area contributed by atoms with Crippen molar-refractivity contribution in [1.82, 2.24) is 0 Å². The monoisotopic (exact) mass is 764 g/mol. The predicted octanol–water partition coefficient (Wildman–Crippen LogP) is 16.5. The molecule has 11 aromatic rings. The third kappa shape index (κ3) is 5.72. The summed E-state index contributed by atoms with van der Waals surface area (Å²) in [4.78, 5) is 4.95. The Kier molecular flexibility index (Phi) is 8.02. The molecule has 0 saturated carbocycles. The van der Waals surface area contributed by atoms with E-state index in [1.165, 1.54) is 75.8 Å². The minimum absolute atomic E-state index is 1.07. The highest BCUT2D eigenvalue weighted by Gasteiger charge is 2.23. The van der Waals surface area contributed by atoms with Crippen LogP contribution in [0.3, 0.4) is 0 Å². The SMILES string of the molecule is C1=Cc2cc(N(c3ccc4ccccc4c3)c3cc4c5ccccc5c(N(c5ccc6ccccc6c5)c5ccc6ccccc6c5)cc4c4ccccc34)ccc2CC1. The van der Waals surface area contributed by atoms with Gasteiger partial charge in [0.1, 0.15) is 0 Å². The van der Waals surface area contributed by atoms with Crippen molar-refractivity contribution in [2.45, 2.75) is 12.8 Å². The number of anilines is 6. The van der Waals surface area contributed by atoms with Gasteiger partial charge in [-0.3, -0.25) is 0 Å². The minimum Gasteiger partial charge on any atom is -0.310 e. The molecule has 2 nitrogen and oxygen atoms in total. The zero-order chi connectivity index (χ0) is 39.6. The minimum atomic E-state index is 1.07. The Labute approximate surface area is 349 Å². The summed E-state index contributed by atoms with van der Waals surface area (Å²) >= 11 is 0. The van der Waals surface area contributed by atoms with Gasteiger partial charge in [0.05, 0.1) is 11.4 Å². The van der Waals surface area contributed by atoms with Gasteiger partial charge in [-0.05, 0) is 138 Å². The summed E-state index contributed by atoms with van der Waals surface area (Å²) in [6.45, 7) is 0. The van der Waals surface area contributed by atoms with Gasteiger partial charge in [0.15, 0.2) is 0 Å². The van der Waals surface area contributed by atoms with Gasteiger partial charge in [-0.25, -0.2) is 0 Å². The average Bonchev–Trinajstić information content (AvgIpc) is 3.31. The molecule has 12 rings (SSSR count). The number of allylic oxidation sites excluding steroid dienone is 1. The molecular weight excluding hydrogens is 725 g/mol. The molecule has 0 aliphatic heterocycles. The summed E-state index contributed by atoms with van der Waals surface area (Å²) in [5.41, 5.74) is 9.55. The number of rotatable bonds is 6. The lowest BCUT2D eigenvalue weighted by molar-refractivity contribution is 0.985. The lowest BCUT2D eigenvalue weighted by Crippen LogP contribution is -2.12. The molecule has 282 valence electrons. The Morgan fingerprint density at radius 2 is 0.683 bits per heavy atom. The Bertz CT molecular complexity index is 3440. The van der Waals surface area contributed by atoms with Crippen molar-refractivity contribution < 1.29 is 0 Å². The maximum absolute atomic E-state index is 2.48. The smallest absolute Gasteiger partial charge is 0.0546 e. The van der Waals surface area contributed by atoms with Gasteiger partial charge in [-0.1, -0.05) is 158 Å². The Balaban J connectivity index is 1.15. The fourth-order valence-electron chi connectivity index (χ4n) is 9.64. The summed E-state index contributed by atoms with van der Waals surface area (Å²) in [5, 5.41) is 14.6. The first-order chi connectivity index (χ1) is 29.7. The van der Waals surface area contributed by atoms with Gasteiger partial charge in [0, 0.05) is 33.5 Å². The van der Waals surface area contributed by atoms with Crippen LogP contribution in [-0.2, 0) is 6.42 Å². The molecule has 0 atom stereocenters. The molecule has 1 aliphatic rings. The molecular formula is C58H40N2. The van der Waals surface area contributed by atoms with E-state index >= 15 is 0 Å². The van der Waals surface area contributed by atoms with Gasteiger partial charge in [-0.2, -0.15) is 0 Å². The third-order valence-electron chi connectivity index (χ3n) is 12.6. The van der Waals surface area contributed by atoms with Crippen molar-refractivity contribution in [3.8, 4) is 0 Å². The topological polar surface area (TPSA) is 6.48 Å². The van der Waals surface area contributed by atoms with E-state index in [2.05, 4.69) is 228 Å². The first kappa shape index (κ1) is 34.4. The van der Waals surface area contributed by atoms with Crippen LogP contribution >= 0.6 is 0 Å². The van der Waals surface area contributed by atoms with Crippen molar-refractivity contribution in [2.24, 2.45) is 0 Å². The highest BCUT2D eigenvalue weighted by Crippen LogP contribution is 2.48. The van der Waals surface area contributed by atoms with Gasteiger partial charge in [0.25, 0.3) is 0 Å². The van der Waals surface area contributed by atoms with Gasteiger partial charge in [0.2, 0.25) is 0 Å². The average molecular weight is 765 g/mol. The first-order valence-corrected chi connectivity index (χ1v) is 21.0. The number of nitrogens with zero attached hydrogens (tertiary/aromatic N) is 2. The second kappa shape index (κ2) is 14.0. The third-order valence-corrected chi connectivity index (χ3v) is 12.6. The fraction of sp³-hybridized carbons (Fsp3) is 0.0345. The summed E-state index contributed by atoms with van der Waals surface area (Å²) in [6, 6.07) is 76.4. The molecule has 0 radical (unpaired) electrons. The van der Waals surface area contributed by atoms with E-state index in [-0.39, 0.29) is 0 Å². The van der Waals surface area contributed by atoms with Crippen LogP contribution < -0.4 is 9.80 Å². The van der Waals surface area contributed by atoms with E-state index in [1.54, 1.807) is 0 Å². The molecule has 60 heavy (non-hydrogen) atoms. The van der Waals surface area contributed by atoms with Crippen molar-refractivity contribution in [2.75, 3.05) is 9.80 Å². The van der Waals surface area contributed by atoms with Gasteiger partial charge < -0.3 is 9.80 Å². The Hall–Kier alpha value is -7.68. The van der Waals surface area contributed by atoms with Crippen molar-refractivity contribution >= 4 is 105 Å². The zero-order valence-electron chi connectivity index (χ0n) is 33.1. The fourth-order valence-corrected chi connectivity index (χ4v) is 9.64. The van der Waals surface area contributed by atoms with Crippen molar-refractivity contribution in [3.63, 3.8) is 0 Å². The molecule has 0 N–H and O–H groups in total. The van der Waals surface area contributed by atoms with Crippen LogP contribution in [0.25, 0.3) is 70.7 Å². The number of fused-ring (bicyclic) bond motifs is 9. The molecule has 0 fully saturated rings. The van der Waals surface area contributed by atoms with E-state index in [1.807, 2.05) is 0 Å². The predicted molar refractivity (Wildman–Crippen MR) is 258 cm³/mol. The molecule has 0 heterocycles. The van der Waals surface area contributed by atoms with Crippen LogP contribution in [0.1, 0.15) is 17.5 Å². The van der Waals surface area contributed by atoms with E-state index in [0.29, 0.717) is 0 Å². The quantitative estimate of drug-likeness (QED) is 0.156. The maximum atomic E-state index is 2.48. The Morgan fingerprint density at radius 1 is 0.300 bits per heavy atom. The first-order valence-electron chi connectivity index (χ1n) is 21.0. The van der Waals surface area contributed by atoms with Crippen LogP contribution in [0.15, 0.2) is 212 Å². The van der Waals surface area contributed by atoms with Crippen LogP contribution in [0.2, 0.25) is 0 Å². The number of aryl methyl sites for hydroxylation is 1. The molecule has 2 heteroatoms. The number of hydrogen-bond acceptors (Lipinski definition) is 2. The number of benzene rings is 11. The second-order valence-electron chi connectivity index (χ2n) is 16.1. The summed E-state index contributed by atoms with van der Waals surface area (Å²) in [7, 11) is 0. The van der Waals surface area contributed by atoms with Gasteiger partial charge >= 0.3 is 0 Å². The number of hydrogen-bond donors (Lipinski definition) is 0. The van der Waals surface area contributed by atoms with Gasteiger partial charge in [-0.15, -0.1) is 0 Å². The molecule has 11 aromatic carbocycles. The molecule has 0 aromatic heterocycles. The molecule has 0 spiro atoms. The maximum Gasteiger partial charge on any atom is 0.0546 e. The van der Waals surface area contributed by atoms with Crippen molar-refractivity contribution in [3.05, 3.63) is 223 Å². The molecule has 0 saturated heterocycles. The van der Waals surface area contributed by atoms with Crippen LogP contribution in [0.4, 0.5) is 34.1 Å². The van der Waals surface area contributed by atoms with Crippen LogP contribution in [0.5, 0.6) is 0 Å². The normalized spacial score (nSPS) is 12.5. The van der Waals surface area contributed by atoms with E-state index < -0.39 is 0 Å². The van der Waals surface area contributed by atoms with Crippen LogP contribution in [0, 0.1) is 0 Å². The second-order valence-corrected chi connectivity index (χ2v) is 16.1. The molecule has 0 bridgehead atoms. The largest absolute Gasteiger partial charge is 0.310 e. The Morgan fingerprint density at radius 3 is 1.15 bits per heavy atom. The highest BCUT2D eigenvalue weighted by atomic mass is 15.2. The standard InChI is InChI=1S/C58H40N2/c1-5-17-43-33-47(29-25-39(43)13-1)59(48-30-26-40-14-2-6-18-44(40)34-48)57-37-55-52-22-10-12-24-54(52)58(38-56(55)51-21-9-11-23-53(51)57)60(49-31-27-41-15-3-7-19-45(41)35-49)50-32-28-42-16-4-8-20-46(42)36-50/h1-3,5-15,17-38H,4,16H2. The summed E-state index contributed by atoms with van der Waals surface area (Å²) in [5.74, 6) is 0. The molecule has 0 unspecified atom stereocenters. The summed E-state index contributed by atoms with van der Waals surface area (Å²) < 4.78 is 0. The lowest BCUT2D eigenvalue weighted by Gasteiger charge is -2.30. The molecule has 0 amide bonds. The molecule has 1 aliphatic carbocycles. The van der Waals surface area contributed by atoms with E-state index in [0.717, 1.165) is 47.0 Å². The highest BCUT2D eigenvalue weighted by molar-refractivity contribution is 6.24. The zero-order valence-corrected chi connectivity index (χ0v) is 33.1. The van der Waals surface area contributed by atoms with Crippen LogP contribution in [-0.4, -0.2) is 0 Å². The van der Waals surface area contributed by atoms with E-state index in [4.69, 9.17) is 0 Å². The summed E-state index contributed by atoms with van der Waals surface area (Å²) in [6.07, 6.45) is 6.76.